The number of carbonyl (C=O) groups is 1. The molecule has 20 heavy (non-hydrogen) atoms. The molecule has 7 heteroatoms. The second-order valence-electron chi connectivity index (χ2n) is 5.02. The van der Waals surface area contributed by atoms with Crippen LogP contribution in [-0.2, 0) is 14.8 Å². The molecule has 0 aliphatic heterocycles. The maximum atomic E-state index is 12.2. The maximum Gasteiger partial charge on any atom is 0.324 e. The van der Waals surface area contributed by atoms with E-state index in [2.05, 4.69) is 4.72 Å². The van der Waals surface area contributed by atoms with Crippen LogP contribution >= 0.6 is 0 Å². The third kappa shape index (κ3) is 2.66. The maximum absolute atomic E-state index is 12.2. The Morgan fingerprint density at radius 2 is 1.95 bits per heavy atom. The van der Waals surface area contributed by atoms with Gasteiger partial charge < -0.3 is 5.11 Å². The Morgan fingerprint density at radius 3 is 2.35 bits per heavy atom. The highest BCUT2D eigenvalue weighted by molar-refractivity contribution is 7.89. The third-order valence-electron chi connectivity index (χ3n) is 3.48. The van der Waals surface area contributed by atoms with Crippen molar-refractivity contribution in [2.45, 2.75) is 30.2 Å². The molecule has 106 valence electrons. The Bertz CT molecular complexity index is 671. The van der Waals surface area contributed by atoms with Crippen LogP contribution in [0.1, 0.15) is 25.3 Å². The van der Waals surface area contributed by atoms with Gasteiger partial charge in [-0.3, -0.25) is 4.79 Å². The summed E-state index contributed by atoms with van der Waals surface area (Å²) in [5.41, 5.74) is -1.15. The van der Waals surface area contributed by atoms with Crippen LogP contribution in [0.4, 0.5) is 0 Å². The first kappa shape index (κ1) is 14.5. The van der Waals surface area contributed by atoms with Gasteiger partial charge >= 0.3 is 5.97 Å². The molecular formula is C13H14N2O4S. The lowest BCUT2D eigenvalue weighted by atomic mass is 9.98. The van der Waals surface area contributed by atoms with Gasteiger partial charge in [0.15, 0.2) is 0 Å². The number of hydrogen-bond acceptors (Lipinski definition) is 4. The predicted octanol–water partition coefficient (Wildman–Crippen LogP) is 1.09. The molecule has 0 aromatic heterocycles. The van der Waals surface area contributed by atoms with Crippen molar-refractivity contribution >= 4 is 16.0 Å². The number of nitriles is 1. The first-order chi connectivity index (χ1) is 9.29. The first-order valence-electron chi connectivity index (χ1n) is 6.07. The summed E-state index contributed by atoms with van der Waals surface area (Å²) in [6, 6.07) is 7.22. The summed E-state index contributed by atoms with van der Waals surface area (Å²) in [5, 5.41) is 17.9. The number of sulfonamides is 1. The molecular weight excluding hydrogens is 280 g/mol. The summed E-state index contributed by atoms with van der Waals surface area (Å²) in [7, 11) is -3.93. The molecule has 1 aliphatic rings. The van der Waals surface area contributed by atoms with Crippen LogP contribution in [0.25, 0.3) is 0 Å². The topological polar surface area (TPSA) is 107 Å². The number of aliphatic carboxylic acids is 1. The van der Waals surface area contributed by atoms with Gasteiger partial charge in [0.2, 0.25) is 10.0 Å². The number of carboxylic acid groups (broad SMARTS) is 1. The van der Waals surface area contributed by atoms with E-state index in [1.807, 2.05) is 6.07 Å². The molecule has 2 rings (SSSR count). The van der Waals surface area contributed by atoms with Crippen LogP contribution in [0.5, 0.6) is 0 Å². The van der Waals surface area contributed by atoms with E-state index in [0.29, 0.717) is 18.4 Å². The van der Waals surface area contributed by atoms with Crippen LogP contribution in [-0.4, -0.2) is 25.0 Å². The Hall–Kier alpha value is -1.91. The number of nitrogens with zero attached hydrogens (tertiary/aromatic N) is 1. The second kappa shape index (κ2) is 4.89. The SMILES string of the molecule is CC(NS(=O)(=O)c1ccc(C#N)cc1)(C(=O)O)C1CC1. The number of benzene rings is 1. The number of rotatable bonds is 5. The van der Waals surface area contributed by atoms with E-state index in [0.717, 1.165) is 0 Å². The summed E-state index contributed by atoms with van der Waals surface area (Å²) in [6.07, 6.45) is 1.39. The van der Waals surface area contributed by atoms with Gasteiger partial charge in [-0.25, -0.2) is 8.42 Å². The average molecular weight is 294 g/mol. The Kier molecular flexibility index (Phi) is 3.54. The van der Waals surface area contributed by atoms with Gasteiger partial charge in [0.25, 0.3) is 0 Å². The molecule has 0 heterocycles. The van der Waals surface area contributed by atoms with Crippen LogP contribution < -0.4 is 4.72 Å². The van der Waals surface area contributed by atoms with E-state index in [-0.39, 0.29) is 10.8 Å². The first-order valence-corrected chi connectivity index (χ1v) is 7.55. The molecule has 1 aromatic carbocycles. The fourth-order valence-corrected chi connectivity index (χ4v) is 3.43. The van der Waals surface area contributed by atoms with Crippen molar-refractivity contribution in [2.24, 2.45) is 5.92 Å². The fraction of sp³-hybridized carbons (Fsp3) is 0.385. The molecule has 1 fully saturated rings. The minimum atomic E-state index is -3.93. The zero-order valence-corrected chi connectivity index (χ0v) is 11.6. The minimum Gasteiger partial charge on any atom is -0.480 e. The highest BCUT2D eigenvalue weighted by atomic mass is 32.2. The van der Waals surface area contributed by atoms with Gasteiger partial charge in [0.1, 0.15) is 5.54 Å². The molecule has 1 atom stereocenters. The molecule has 0 spiro atoms. The quantitative estimate of drug-likeness (QED) is 0.845. The smallest absolute Gasteiger partial charge is 0.324 e. The van der Waals surface area contributed by atoms with Gasteiger partial charge in [-0.15, -0.1) is 0 Å². The molecule has 1 aromatic rings. The summed E-state index contributed by atoms with van der Waals surface area (Å²) < 4.78 is 26.7. The summed E-state index contributed by atoms with van der Waals surface area (Å²) in [6.45, 7) is 1.38. The molecule has 0 radical (unpaired) electrons. The highest BCUT2D eigenvalue weighted by Crippen LogP contribution is 2.40. The van der Waals surface area contributed by atoms with E-state index in [1.165, 1.54) is 31.2 Å². The van der Waals surface area contributed by atoms with E-state index in [9.17, 15) is 18.3 Å². The van der Waals surface area contributed by atoms with Crippen molar-refractivity contribution in [3.63, 3.8) is 0 Å². The average Bonchev–Trinajstić information content (AvgIpc) is 3.22. The minimum absolute atomic E-state index is 0.0513. The van der Waals surface area contributed by atoms with Crippen molar-refractivity contribution in [2.75, 3.05) is 0 Å². The van der Waals surface area contributed by atoms with Gasteiger partial charge in [-0.2, -0.15) is 9.98 Å². The Morgan fingerprint density at radius 1 is 1.40 bits per heavy atom. The molecule has 0 amide bonds. The predicted molar refractivity (Wildman–Crippen MR) is 70.2 cm³/mol. The van der Waals surface area contributed by atoms with Crippen LogP contribution in [0.2, 0.25) is 0 Å². The third-order valence-corrected chi connectivity index (χ3v) is 5.06. The highest BCUT2D eigenvalue weighted by Gasteiger charge is 2.50. The van der Waals surface area contributed by atoms with Gasteiger partial charge in [0, 0.05) is 0 Å². The molecule has 1 unspecified atom stereocenters. The zero-order chi connectivity index (χ0) is 15.0. The van der Waals surface area contributed by atoms with Gasteiger partial charge in [0.05, 0.1) is 16.5 Å². The second-order valence-corrected chi connectivity index (χ2v) is 6.71. The van der Waals surface area contributed by atoms with E-state index < -0.39 is 21.5 Å². The van der Waals surface area contributed by atoms with E-state index in [4.69, 9.17) is 5.26 Å². The number of hydrogen-bond donors (Lipinski definition) is 2. The number of carboxylic acids is 1. The van der Waals surface area contributed by atoms with Crippen molar-refractivity contribution in [1.82, 2.24) is 4.72 Å². The molecule has 6 nitrogen and oxygen atoms in total. The lowest BCUT2D eigenvalue weighted by Crippen LogP contribution is -2.53. The molecule has 1 aliphatic carbocycles. The molecule has 2 N–H and O–H groups in total. The Balaban J connectivity index is 2.30. The van der Waals surface area contributed by atoms with Crippen LogP contribution in [0, 0.1) is 17.2 Å². The van der Waals surface area contributed by atoms with Crippen LogP contribution in [0.15, 0.2) is 29.2 Å². The lowest BCUT2D eigenvalue weighted by Gasteiger charge is -2.25. The lowest BCUT2D eigenvalue weighted by molar-refractivity contribution is -0.144. The monoisotopic (exact) mass is 294 g/mol. The van der Waals surface area contributed by atoms with Gasteiger partial charge in [-0.05, 0) is 49.9 Å². The summed E-state index contributed by atoms with van der Waals surface area (Å²) in [4.78, 5) is 11.3. The van der Waals surface area contributed by atoms with E-state index in [1.54, 1.807) is 0 Å². The van der Waals surface area contributed by atoms with Crippen molar-refractivity contribution in [1.29, 1.82) is 5.26 Å². The van der Waals surface area contributed by atoms with Crippen LogP contribution in [0.3, 0.4) is 0 Å². The van der Waals surface area contributed by atoms with Crippen molar-refractivity contribution in [3.05, 3.63) is 29.8 Å². The Labute approximate surface area is 117 Å². The normalized spacial score (nSPS) is 18.0. The number of nitrogens with one attached hydrogen (secondary N) is 1. The van der Waals surface area contributed by atoms with Gasteiger partial charge in [-0.1, -0.05) is 0 Å². The van der Waals surface area contributed by atoms with E-state index >= 15 is 0 Å². The molecule has 0 bridgehead atoms. The van der Waals surface area contributed by atoms with Crippen molar-refractivity contribution < 1.29 is 18.3 Å². The summed E-state index contributed by atoms with van der Waals surface area (Å²) >= 11 is 0. The van der Waals surface area contributed by atoms with Crippen molar-refractivity contribution in [3.8, 4) is 6.07 Å². The largest absolute Gasteiger partial charge is 0.480 e. The standard InChI is InChI=1S/C13H14N2O4S/c1-13(12(16)17,10-4-5-10)15-20(18,19)11-6-2-9(8-14)3-7-11/h2-3,6-7,10,15H,4-5H2,1H3,(H,16,17). The zero-order valence-electron chi connectivity index (χ0n) is 10.8. The molecule has 0 saturated heterocycles. The molecule has 1 saturated carbocycles. The summed E-state index contributed by atoms with van der Waals surface area (Å²) in [5.74, 6) is -1.37. The fourth-order valence-electron chi connectivity index (χ4n) is 2.01.